The summed E-state index contributed by atoms with van der Waals surface area (Å²) in [5, 5.41) is 11.5. The molecule has 1 aliphatic carbocycles. The fourth-order valence-corrected chi connectivity index (χ4v) is 5.17. The summed E-state index contributed by atoms with van der Waals surface area (Å²) in [6.45, 7) is 1.24. The minimum Gasteiger partial charge on any atom is -0.376 e. The molecule has 0 radical (unpaired) electrons. The van der Waals surface area contributed by atoms with E-state index in [2.05, 4.69) is 15.6 Å². The number of fused-ring (bicyclic) bond motifs is 1. The van der Waals surface area contributed by atoms with Crippen LogP contribution >= 0.6 is 0 Å². The van der Waals surface area contributed by atoms with Crippen molar-refractivity contribution in [3.63, 3.8) is 0 Å². The number of hydrogen-bond acceptors (Lipinski definition) is 5. The minimum absolute atomic E-state index is 0.0148. The molecule has 3 aromatic rings. The molecule has 178 valence electrons. The zero-order valence-corrected chi connectivity index (χ0v) is 19.3. The van der Waals surface area contributed by atoms with Gasteiger partial charge in [0, 0.05) is 19.2 Å². The van der Waals surface area contributed by atoms with Crippen LogP contribution in [0.25, 0.3) is 11.0 Å². The lowest BCUT2D eigenvalue weighted by molar-refractivity contribution is -0.144. The first kappa shape index (κ1) is 22.5. The van der Waals surface area contributed by atoms with E-state index in [1.807, 2.05) is 59.5 Å². The maximum Gasteiger partial charge on any atom is 0.247 e. The van der Waals surface area contributed by atoms with Gasteiger partial charge in [-0.3, -0.25) is 9.59 Å². The quantitative estimate of drug-likeness (QED) is 0.556. The van der Waals surface area contributed by atoms with Crippen molar-refractivity contribution < 1.29 is 14.3 Å². The Morgan fingerprint density at radius 3 is 2.56 bits per heavy atom. The summed E-state index contributed by atoms with van der Waals surface area (Å²) in [5.41, 5.74) is 2.37. The topological polar surface area (TPSA) is 89.4 Å². The summed E-state index contributed by atoms with van der Waals surface area (Å²) >= 11 is 0. The first-order valence-electron chi connectivity index (χ1n) is 12.2. The van der Waals surface area contributed by atoms with Gasteiger partial charge in [0.15, 0.2) is 0 Å². The highest BCUT2D eigenvalue weighted by molar-refractivity contribution is 5.89. The fourth-order valence-electron chi connectivity index (χ4n) is 5.17. The van der Waals surface area contributed by atoms with Gasteiger partial charge in [-0.05, 0) is 43.4 Å². The smallest absolute Gasteiger partial charge is 0.247 e. The van der Waals surface area contributed by atoms with Crippen LogP contribution < -0.4 is 5.32 Å². The highest BCUT2D eigenvalue weighted by Crippen LogP contribution is 2.32. The van der Waals surface area contributed by atoms with Gasteiger partial charge in [0.25, 0.3) is 0 Å². The fraction of sp³-hybridized carbons (Fsp3) is 0.462. The predicted molar refractivity (Wildman–Crippen MR) is 128 cm³/mol. The van der Waals surface area contributed by atoms with E-state index in [1.165, 1.54) is 0 Å². The van der Waals surface area contributed by atoms with Gasteiger partial charge in [-0.15, -0.1) is 5.10 Å². The van der Waals surface area contributed by atoms with Gasteiger partial charge in [0.2, 0.25) is 11.8 Å². The zero-order valence-electron chi connectivity index (χ0n) is 19.3. The van der Waals surface area contributed by atoms with Gasteiger partial charge < -0.3 is 15.0 Å². The molecular formula is C26H31N5O3. The number of hydrogen-bond donors (Lipinski definition) is 1. The van der Waals surface area contributed by atoms with E-state index in [4.69, 9.17) is 4.74 Å². The van der Waals surface area contributed by atoms with Crippen LogP contribution in [-0.4, -0.2) is 57.0 Å². The molecule has 8 heteroatoms. The molecule has 1 saturated heterocycles. The number of benzene rings is 2. The van der Waals surface area contributed by atoms with Crippen molar-refractivity contribution in [2.75, 3.05) is 13.2 Å². The Morgan fingerprint density at radius 1 is 1.03 bits per heavy atom. The number of carbonyl (C=O) groups is 2. The van der Waals surface area contributed by atoms with Crippen molar-refractivity contribution in [3.05, 3.63) is 60.2 Å². The van der Waals surface area contributed by atoms with Crippen LogP contribution in [-0.2, 0) is 20.9 Å². The maximum atomic E-state index is 13.9. The van der Waals surface area contributed by atoms with E-state index in [0.29, 0.717) is 6.54 Å². The number of nitrogens with zero attached hydrogens (tertiary/aromatic N) is 4. The Morgan fingerprint density at radius 2 is 1.79 bits per heavy atom. The lowest BCUT2D eigenvalue weighted by Gasteiger charge is -2.36. The number of ether oxygens (including phenoxy) is 1. The van der Waals surface area contributed by atoms with Crippen LogP contribution in [0.2, 0.25) is 0 Å². The number of nitrogens with one attached hydrogen (secondary N) is 1. The molecule has 2 fully saturated rings. The third kappa shape index (κ3) is 4.82. The van der Waals surface area contributed by atoms with Crippen LogP contribution in [0.15, 0.2) is 54.6 Å². The molecular weight excluding hydrogens is 430 g/mol. The summed E-state index contributed by atoms with van der Waals surface area (Å²) in [5.74, 6) is -0.283. The van der Waals surface area contributed by atoms with E-state index >= 15 is 0 Å². The molecule has 2 atom stereocenters. The summed E-state index contributed by atoms with van der Waals surface area (Å²) < 4.78 is 7.32. The lowest BCUT2D eigenvalue weighted by atomic mass is 10.0. The Kier molecular flexibility index (Phi) is 6.85. The van der Waals surface area contributed by atoms with E-state index in [1.54, 1.807) is 4.68 Å². The second kappa shape index (κ2) is 10.3. The average molecular weight is 462 g/mol. The minimum atomic E-state index is -0.701. The molecule has 0 bridgehead atoms. The molecule has 2 aromatic carbocycles. The zero-order chi connectivity index (χ0) is 23.3. The third-order valence-electron chi connectivity index (χ3n) is 6.88. The Hall–Kier alpha value is -3.26. The Labute approximate surface area is 199 Å². The van der Waals surface area contributed by atoms with Gasteiger partial charge >= 0.3 is 0 Å². The van der Waals surface area contributed by atoms with E-state index in [9.17, 15) is 9.59 Å². The molecule has 1 saturated carbocycles. The number of amides is 2. The maximum absolute atomic E-state index is 13.9. The lowest BCUT2D eigenvalue weighted by Crippen LogP contribution is -2.50. The van der Waals surface area contributed by atoms with Crippen LogP contribution in [0.5, 0.6) is 0 Å². The van der Waals surface area contributed by atoms with E-state index < -0.39 is 6.04 Å². The molecule has 2 heterocycles. The molecule has 8 nitrogen and oxygen atoms in total. The predicted octanol–water partition coefficient (Wildman–Crippen LogP) is 3.24. The molecule has 34 heavy (non-hydrogen) atoms. The number of para-hydroxylation sites is 1. The van der Waals surface area contributed by atoms with Crippen molar-refractivity contribution in [1.29, 1.82) is 0 Å². The van der Waals surface area contributed by atoms with Gasteiger partial charge in [0.1, 0.15) is 18.1 Å². The van der Waals surface area contributed by atoms with Crippen LogP contribution in [0.3, 0.4) is 0 Å². The third-order valence-corrected chi connectivity index (χ3v) is 6.88. The van der Waals surface area contributed by atoms with Crippen molar-refractivity contribution in [2.45, 2.75) is 63.3 Å². The van der Waals surface area contributed by atoms with E-state index in [-0.39, 0.29) is 30.5 Å². The summed E-state index contributed by atoms with van der Waals surface area (Å²) in [4.78, 5) is 29.3. The van der Waals surface area contributed by atoms with Crippen molar-refractivity contribution in [3.8, 4) is 0 Å². The summed E-state index contributed by atoms with van der Waals surface area (Å²) in [7, 11) is 0. The van der Waals surface area contributed by atoms with Crippen molar-refractivity contribution in [1.82, 2.24) is 25.2 Å². The van der Waals surface area contributed by atoms with Crippen molar-refractivity contribution >= 4 is 22.8 Å². The van der Waals surface area contributed by atoms with Gasteiger partial charge in [-0.2, -0.15) is 0 Å². The summed E-state index contributed by atoms with van der Waals surface area (Å²) in [6, 6.07) is 16.5. The van der Waals surface area contributed by atoms with E-state index in [0.717, 1.165) is 61.7 Å². The molecule has 0 spiro atoms. The largest absolute Gasteiger partial charge is 0.376 e. The van der Waals surface area contributed by atoms with Gasteiger partial charge in [-0.25, -0.2) is 4.68 Å². The highest BCUT2D eigenvalue weighted by Gasteiger charge is 2.38. The van der Waals surface area contributed by atoms with Crippen LogP contribution in [0.4, 0.5) is 0 Å². The van der Waals surface area contributed by atoms with Gasteiger partial charge in [-0.1, -0.05) is 60.5 Å². The first-order chi connectivity index (χ1) is 16.7. The molecule has 1 N–H and O–H groups in total. The molecule has 5 rings (SSSR count). The molecule has 2 amide bonds. The standard InChI is InChI=1S/C26H31N5O3/c32-24(18-30-23-15-7-6-14-22(23)28-29-30)31(20-11-4-5-12-20)25(19-9-2-1-3-10-19)26(33)27-17-21-13-8-16-34-21/h1-3,6-7,9-10,14-15,20-21,25H,4-5,8,11-13,16-18H2,(H,27,33)/t21-,25+/m0/s1. The molecule has 1 aromatic heterocycles. The number of aromatic nitrogens is 3. The first-order valence-corrected chi connectivity index (χ1v) is 12.2. The SMILES string of the molecule is O=C(NC[C@@H]1CCCO1)[C@@H](c1ccccc1)N(C(=O)Cn1nnc2ccccc21)C1CCCC1. The Balaban J connectivity index is 1.44. The molecule has 2 aliphatic rings. The van der Waals surface area contributed by atoms with Gasteiger partial charge in [0.05, 0.1) is 11.6 Å². The second-order valence-electron chi connectivity index (χ2n) is 9.17. The molecule has 0 unspecified atom stereocenters. The van der Waals surface area contributed by atoms with Crippen LogP contribution in [0, 0.1) is 0 Å². The Bertz CT molecular complexity index is 1120. The molecule has 1 aliphatic heterocycles. The second-order valence-corrected chi connectivity index (χ2v) is 9.17. The average Bonchev–Trinajstić information content (AvgIpc) is 3.64. The number of rotatable bonds is 8. The highest BCUT2D eigenvalue weighted by atomic mass is 16.5. The van der Waals surface area contributed by atoms with Crippen LogP contribution in [0.1, 0.15) is 50.1 Å². The monoisotopic (exact) mass is 461 g/mol. The number of carbonyl (C=O) groups excluding carboxylic acids is 2. The van der Waals surface area contributed by atoms with Crippen molar-refractivity contribution in [2.24, 2.45) is 0 Å². The summed E-state index contributed by atoms with van der Waals surface area (Å²) in [6.07, 6.45) is 5.90. The normalized spacial score (nSPS) is 19.4.